The number of halogens is 1. The van der Waals surface area contributed by atoms with Crippen molar-refractivity contribution in [2.24, 2.45) is 0 Å². The van der Waals surface area contributed by atoms with E-state index in [1.807, 2.05) is 6.07 Å². The molecule has 138 valence electrons. The number of hydrogen-bond donors (Lipinski definition) is 3. The molecular weight excluding hydrogens is 370 g/mol. The Morgan fingerprint density at radius 1 is 1.50 bits per heavy atom. The lowest BCUT2D eigenvalue weighted by Crippen LogP contribution is -2.41. The summed E-state index contributed by atoms with van der Waals surface area (Å²) in [5, 5.41) is 34.4. The lowest BCUT2D eigenvalue weighted by atomic mass is 9.92. The first-order valence-corrected chi connectivity index (χ1v) is 7.87. The van der Waals surface area contributed by atoms with Gasteiger partial charge in [0.15, 0.2) is 11.9 Å². The summed E-state index contributed by atoms with van der Waals surface area (Å²) < 4.78 is 16.0. The number of nitrogen functional groups attached to an aromatic ring is 1. The van der Waals surface area contributed by atoms with Crippen LogP contribution >= 0.6 is 11.6 Å². The summed E-state index contributed by atoms with van der Waals surface area (Å²) in [5.74, 6) is 0.163. The summed E-state index contributed by atoms with van der Waals surface area (Å²) in [4.78, 5) is 15.1. The third kappa shape index (κ3) is 2.78. The fraction of sp³-hybridized carbons (Fsp3) is 0.429. The molecule has 0 unspecified atom stereocenters. The number of alkyl halides is 1. The number of carbonyl (C=O) groups excluding carboxylic acids is 1. The van der Waals surface area contributed by atoms with E-state index in [1.54, 1.807) is 6.07 Å². The summed E-state index contributed by atoms with van der Waals surface area (Å²) in [5.41, 5.74) is 4.34. The SMILES string of the molecule is N#C[C@@]1(c2ccc3c(N)ncnn23)O[C@H](COC(=O)OCCl)[C@@H](O)[C@H]1O. The van der Waals surface area contributed by atoms with Crippen LogP contribution < -0.4 is 5.73 Å². The predicted octanol–water partition coefficient (Wildman–Crippen LogP) is -0.500. The van der Waals surface area contributed by atoms with Crippen molar-refractivity contribution in [1.82, 2.24) is 14.6 Å². The zero-order valence-corrected chi connectivity index (χ0v) is 13.9. The molecule has 26 heavy (non-hydrogen) atoms. The normalized spacial score (nSPS) is 28.0. The average Bonchev–Trinajstić information content (AvgIpc) is 3.16. The van der Waals surface area contributed by atoms with Crippen molar-refractivity contribution < 1.29 is 29.2 Å². The van der Waals surface area contributed by atoms with Crippen LogP contribution in [0.15, 0.2) is 18.5 Å². The van der Waals surface area contributed by atoms with Crippen LogP contribution in [-0.2, 0) is 19.8 Å². The number of carbonyl (C=O) groups is 1. The Balaban J connectivity index is 1.92. The third-order valence-electron chi connectivity index (χ3n) is 4.02. The van der Waals surface area contributed by atoms with E-state index < -0.39 is 42.7 Å². The topological polar surface area (TPSA) is 165 Å². The van der Waals surface area contributed by atoms with E-state index in [0.29, 0.717) is 5.52 Å². The monoisotopic (exact) mass is 383 g/mol. The minimum atomic E-state index is -1.96. The molecule has 1 aliphatic rings. The summed E-state index contributed by atoms with van der Waals surface area (Å²) >= 11 is 5.24. The Labute approximate surface area is 151 Å². The van der Waals surface area contributed by atoms with Gasteiger partial charge < -0.3 is 30.2 Å². The van der Waals surface area contributed by atoms with Crippen molar-refractivity contribution in [2.45, 2.75) is 23.9 Å². The first-order chi connectivity index (χ1) is 12.4. The van der Waals surface area contributed by atoms with Gasteiger partial charge in [0, 0.05) is 0 Å². The van der Waals surface area contributed by atoms with E-state index in [0.717, 1.165) is 0 Å². The second-order valence-corrected chi connectivity index (χ2v) is 5.63. The van der Waals surface area contributed by atoms with Crippen LogP contribution in [0.4, 0.5) is 10.6 Å². The van der Waals surface area contributed by atoms with Crippen molar-refractivity contribution in [3.8, 4) is 6.07 Å². The van der Waals surface area contributed by atoms with Crippen LogP contribution in [0.2, 0.25) is 0 Å². The van der Waals surface area contributed by atoms with Crippen LogP contribution in [0.3, 0.4) is 0 Å². The van der Waals surface area contributed by atoms with Gasteiger partial charge in [-0.25, -0.2) is 14.3 Å². The maximum atomic E-state index is 11.2. The number of nitrogens with two attached hydrogens (primary N) is 1. The summed E-state index contributed by atoms with van der Waals surface area (Å²) in [6, 6.07) is 4.49. The molecule has 1 fully saturated rings. The van der Waals surface area contributed by atoms with Crippen molar-refractivity contribution in [2.75, 3.05) is 18.4 Å². The summed E-state index contributed by atoms with van der Waals surface area (Å²) in [6.07, 6.45) is -4.23. The number of aliphatic hydroxyl groups is 2. The Hall–Kier alpha value is -2.65. The third-order valence-corrected chi connectivity index (χ3v) is 4.13. The van der Waals surface area contributed by atoms with Crippen LogP contribution in [-0.4, -0.2) is 62.0 Å². The van der Waals surface area contributed by atoms with Gasteiger partial charge >= 0.3 is 6.16 Å². The molecule has 4 N–H and O–H groups in total. The van der Waals surface area contributed by atoms with Crippen molar-refractivity contribution >= 4 is 29.1 Å². The highest BCUT2D eigenvalue weighted by Crippen LogP contribution is 2.40. The number of nitrogens with zero attached hydrogens (tertiary/aromatic N) is 4. The van der Waals surface area contributed by atoms with Crippen molar-refractivity contribution in [3.63, 3.8) is 0 Å². The van der Waals surface area contributed by atoms with E-state index in [1.165, 1.54) is 16.9 Å². The number of ether oxygens (including phenoxy) is 3. The molecule has 12 heteroatoms. The Kier molecular flexibility index (Phi) is 4.84. The lowest BCUT2D eigenvalue weighted by molar-refractivity contribution is -0.0711. The molecule has 4 atom stereocenters. The summed E-state index contributed by atoms with van der Waals surface area (Å²) in [6.45, 7) is -0.461. The van der Waals surface area contributed by atoms with Crippen molar-refractivity contribution in [1.29, 1.82) is 5.26 Å². The Bertz CT molecular complexity index is 869. The lowest BCUT2D eigenvalue weighted by Gasteiger charge is -2.24. The highest BCUT2D eigenvalue weighted by atomic mass is 35.5. The zero-order chi connectivity index (χ0) is 18.9. The minimum absolute atomic E-state index is 0.140. The largest absolute Gasteiger partial charge is 0.509 e. The predicted molar refractivity (Wildman–Crippen MR) is 84.7 cm³/mol. The number of anilines is 1. The van der Waals surface area contributed by atoms with Gasteiger partial charge in [0.05, 0.1) is 5.69 Å². The maximum Gasteiger partial charge on any atom is 0.509 e. The molecule has 0 aromatic carbocycles. The fourth-order valence-electron chi connectivity index (χ4n) is 2.79. The average molecular weight is 384 g/mol. The van der Waals surface area contributed by atoms with Crippen LogP contribution in [0, 0.1) is 11.3 Å². The molecule has 0 amide bonds. The van der Waals surface area contributed by atoms with Crippen LogP contribution in [0.1, 0.15) is 5.69 Å². The molecule has 0 bridgehead atoms. The van der Waals surface area contributed by atoms with Gasteiger partial charge in [-0.15, -0.1) is 0 Å². The first kappa shape index (κ1) is 18.2. The van der Waals surface area contributed by atoms with Gasteiger partial charge in [-0.1, -0.05) is 11.6 Å². The fourth-order valence-corrected chi connectivity index (χ4v) is 2.88. The molecule has 1 aliphatic heterocycles. The smallest absolute Gasteiger partial charge is 0.431 e. The standard InChI is InChI=1S/C14H14ClN5O6/c15-5-25-13(23)24-3-8-10(21)11(22)14(4-16,26-8)9-2-1-7-12(17)18-6-19-20(7)9/h1-2,6,8,10-11,21-22H,3,5H2,(H2,17,18,19)/t8-,10-,11-,14+/m1/s1. The Morgan fingerprint density at radius 3 is 2.96 bits per heavy atom. The molecule has 11 nitrogen and oxygen atoms in total. The molecular formula is C14H14ClN5O6. The maximum absolute atomic E-state index is 11.2. The summed E-state index contributed by atoms with van der Waals surface area (Å²) in [7, 11) is 0. The Morgan fingerprint density at radius 2 is 2.27 bits per heavy atom. The van der Waals surface area contributed by atoms with E-state index in [4.69, 9.17) is 26.8 Å². The van der Waals surface area contributed by atoms with Crippen molar-refractivity contribution in [3.05, 3.63) is 24.2 Å². The molecule has 2 aromatic heterocycles. The van der Waals surface area contributed by atoms with E-state index in [9.17, 15) is 20.3 Å². The number of aliphatic hydroxyl groups excluding tert-OH is 2. The molecule has 3 rings (SSSR count). The molecule has 1 saturated heterocycles. The van der Waals surface area contributed by atoms with E-state index in [2.05, 4.69) is 14.8 Å². The van der Waals surface area contributed by atoms with E-state index >= 15 is 0 Å². The number of aromatic nitrogens is 3. The number of rotatable bonds is 4. The van der Waals surface area contributed by atoms with Gasteiger partial charge in [-0.2, -0.15) is 10.4 Å². The zero-order valence-electron chi connectivity index (χ0n) is 13.1. The second kappa shape index (κ2) is 6.93. The number of nitriles is 1. The van der Waals surface area contributed by atoms with Gasteiger partial charge in [0.25, 0.3) is 0 Å². The van der Waals surface area contributed by atoms with Gasteiger partial charge in [-0.05, 0) is 12.1 Å². The molecule has 0 radical (unpaired) electrons. The quantitative estimate of drug-likeness (QED) is 0.462. The highest BCUT2D eigenvalue weighted by Gasteiger charge is 2.57. The van der Waals surface area contributed by atoms with Crippen LogP contribution in [0.5, 0.6) is 0 Å². The molecule has 3 heterocycles. The van der Waals surface area contributed by atoms with Gasteiger partial charge in [-0.3, -0.25) is 0 Å². The molecule has 0 spiro atoms. The number of fused-ring (bicyclic) bond motifs is 1. The highest BCUT2D eigenvalue weighted by molar-refractivity contribution is 6.17. The molecule has 0 saturated carbocycles. The van der Waals surface area contributed by atoms with E-state index in [-0.39, 0.29) is 11.5 Å². The minimum Gasteiger partial charge on any atom is -0.431 e. The van der Waals surface area contributed by atoms with Crippen LogP contribution in [0.25, 0.3) is 5.52 Å². The first-order valence-electron chi connectivity index (χ1n) is 7.34. The number of hydrogen-bond acceptors (Lipinski definition) is 10. The molecule has 0 aliphatic carbocycles. The van der Waals surface area contributed by atoms with Gasteiger partial charge in [0.1, 0.15) is 42.8 Å². The second-order valence-electron chi connectivity index (χ2n) is 5.41. The molecule has 2 aromatic rings. The van der Waals surface area contributed by atoms with Gasteiger partial charge in [0.2, 0.25) is 5.60 Å².